The van der Waals surface area contributed by atoms with E-state index in [1.807, 2.05) is 56.4 Å². The summed E-state index contributed by atoms with van der Waals surface area (Å²) in [4.78, 5) is 17.2. The summed E-state index contributed by atoms with van der Waals surface area (Å²) in [6.07, 6.45) is 3.83. The number of rotatable bonds is 5. The lowest BCUT2D eigenvalue weighted by Crippen LogP contribution is -2.19. The molecule has 0 radical (unpaired) electrons. The molecule has 0 fully saturated rings. The summed E-state index contributed by atoms with van der Waals surface area (Å²) in [6.45, 7) is 5.54. The van der Waals surface area contributed by atoms with Crippen LogP contribution in [-0.2, 0) is 13.5 Å². The van der Waals surface area contributed by atoms with Crippen LogP contribution in [0.3, 0.4) is 0 Å². The van der Waals surface area contributed by atoms with Gasteiger partial charge in [0.15, 0.2) is 5.69 Å². The lowest BCUT2D eigenvalue weighted by atomic mass is 10.1. The Morgan fingerprint density at radius 2 is 1.88 bits per heavy atom. The maximum atomic E-state index is 12.8. The summed E-state index contributed by atoms with van der Waals surface area (Å²) in [7, 11) is 1.82. The predicted octanol–water partition coefficient (Wildman–Crippen LogP) is 3.67. The van der Waals surface area contributed by atoms with Crippen LogP contribution in [0, 0.1) is 6.92 Å². The van der Waals surface area contributed by atoms with E-state index >= 15 is 0 Å². The Kier molecular flexibility index (Phi) is 4.89. The fourth-order valence-electron chi connectivity index (χ4n) is 2.87. The van der Waals surface area contributed by atoms with Crippen molar-refractivity contribution in [3.8, 4) is 11.4 Å². The molecule has 1 heterocycles. The van der Waals surface area contributed by atoms with Crippen molar-refractivity contribution in [2.45, 2.75) is 13.3 Å². The molecule has 0 spiro atoms. The number of phenols is 1. The maximum absolute atomic E-state index is 12.8. The van der Waals surface area contributed by atoms with Crippen LogP contribution in [0.1, 0.15) is 16.8 Å². The van der Waals surface area contributed by atoms with Crippen molar-refractivity contribution in [1.29, 1.82) is 0 Å². The van der Waals surface area contributed by atoms with Gasteiger partial charge in [0.1, 0.15) is 5.75 Å². The van der Waals surface area contributed by atoms with E-state index in [0.29, 0.717) is 17.7 Å². The largest absolute Gasteiger partial charge is 0.507 e. The molecule has 0 amide bonds. The van der Waals surface area contributed by atoms with E-state index in [9.17, 15) is 9.90 Å². The molecular formula is C21H21N3O2. The first kappa shape index (κ1) is 17.5. The van der Waals surface area contributed by atoms with E-state index in [4.69, 9.17) is 0 Å². The average molecular weight is 347 g/mol. The van der Waals surface area contributed by atoms with Gasteiger partial charge >= 0.3 is 0 Å². The molecule has 0 aliphatic carbocycles. The molecule has 5 heteroatoms. The van der Waals surface area contributed by atoms with E-state index in [1.165, 1.54) is 6.21 Å². The van der Waals surface area contributed by atoms with Crippen molar-refractivity contribution in [2.75, 3.05) is 0 Å². The molecule has 0 bridgehead atoms. The summed E-state index contributed by atoms with van der Waals surface area (Å²) >= 11 is 0. The molecule has 3 rings (SSSR count). The minimum Gasteiger partial charge on any atom is -0.507 e. The van der Waals surface area contributed by atoms with Gasteiger partial charge in [-0.2, -0.15) is 0 Å². The molecule has 1 N–H and O–H groups in total. The summed E-state index contributed by atoms with van der Waals surface area (Å²) in [6, 6.07) is 14.9. The second kappa shape index (κ2) is 7.27. The molecule has 132 valence electrons. The molecular weight excluding hydrogens is 326 g/mol. The summed E-state index contributed by atoms with van der Waals surface area (Å²) in [5.74, 6) is 0.160. The molecule has 0 aliphatic rings. The van der Waals surface area contributed by atoms with E-state index in [2.05, 4.69) is 11.6 Å². The highest BCUT2D eigenvalue weighted by Gasteiger charge is 2.15. The van der Waals surface area contributed by atoms with E-state index in [0.717, 1.165) is 16.9 Å². The lowest BCUT2D eigenvalue weighted by molar-refractivity contribution is 0.469. The van der Waals surface area contributed by atoms with Gasteiger partial charge < -0.3 is 5.11 Å². The van der Waals surface area contributed by atoms with Gasteiger partial charge in [-0.25, -0.2) is 9.67 Å². The van der Waals surface area contributed by atoms with Crippen LogP contribution in [0.25, 0.3) is 5.69 Å². The summed E-state index contributed by atoms with van der Waals surface area (Å²) < 4.78 is 3.36. The first-order valence-corrected chi connectivity index (χ1v) is 8.34. The molecule has 26 heavy (non-hydrogen) atoms. The van der Waals surface area contributed by atoms with Crippen LogP contribution in [0.2, 0.25) is 0 Å². The van der Waals surface area contributed by atoms with Gasteiger partial charge in [0.25, 0.3) is 5.56 Å². The van der Waals surface area contributed by atoms with Gasteiger partial charge in [-0.3, -0.25) is 9.48 Å². The summed E-state index contributed by atoms with van der Waals surface area (Å²) in [5.41, 5.74) is 3.02. The number of phenolic OH excluding ortho intramolecular Hbond substituents is 1. The van der Waals surface area contributed by atoms with Crippen LogP contribution in [0.15, 0.2) is 71.0 Å². The number of allylic oxidation sites excluding steroid dienone is 1. The number of nitrogens with zero attached hydrogens (tertiary/aromatic N) is 3. The zero-order valence-electron chi connectivity index (χ0n) is 14.9. The third-order valence-electron chi connectivity index (χ3n) is 4.37. The zero-order valence-corrected chi connectivity index (χ0v) is 14.9. The van der Waals surface area contributed by atoms with Crippen molar-refractivity contribution in [2.24, 2.45) is 12.0 Å². The van der Waals surface area contributed by atoms with Gasteiger partial charge in [-0.15, -0.1) is 6.58 Å². The normalized spacial score (nSPS) is 11.2. The van der Waals surface area contributed by atoms with Crippen LogP contribution in [0.4, 0.5) is 5.69 Å². The first-order valence-electron chi connectivity index (χ1n) is 8.34. The van der Waals surface area contributed by atoms with Gasteiger partial charge in [-0.05, 0) is 37.1 Å². The van der Waals surface area contributed by atoms with Crippen LogP contribution < -0.4 is 5.56 Å². The van der Waals surface area contributed by atoms with E-state index in [-0.39, 0.29) is 11.3 Å². The highest BCUT2D eigenvalue weighted by Crippen LogP contribution is 2.23. The molecule has 0 saturated carbocycles. The highest BCUT2D eigenvalue weighted by atomic mass is 16.3. The Morgan fingerprint density at radius 3 is 2.58 bits per heavy atom. The molecule has 0 unspecified atom stereocenters. The third-order valence-corrected chi connectivity index (χ3v) is 4.37. The van der Waals surface area contributed by atoms with Crippen LogP contribution >= 0.6 is 0 Å². The van der Waals surface area contributed by atoms with Crippen molar-refractivity contribution >= 4 is 11.9 Å². The molecule has 1 aromatic heterocycles. The maximum Gasteiger partial charge on any atom is 0.297 e. The Labute approximate surface area is 152 Å². The number of aromatic nitrogens is 2. The van der Waals surface area contributed by atoms with Gasteiger partial charge in [0.2, 0.25) is 0 Å². The summed E-state index contributed by atoms with van der Waals surface area (Å²) in [5, 5.41) is 10.3. The predicted molar refractivity (Wildman–Crippen MR) is 105 cm³/mol. The topological polar surface area (TPSA) is 59.5 Å². The van der Waals surface area contributed by atoms with Gasteiger partial charge in [0, 0.05) is 18.8 Å². The first-order chi connectivity index (χ1) is 12.5. The standard InChI is InChI=1S/C21H21N3O2/c1-4-9-16-10-8-11-17(20(16)25)14-22-19-15(2)23(3)24(21(19)26)18-12-6-5-7-13-18/h4-8,10-14,25H,1,9H2,2-3H3. The lowest BCUT2D eigenvalue weighted by Gasteiger charge is -2.07. The fraction of sp³-hybridized carbons (Fsp3) is 0.143. The fourth-order valence-corrected chi connectivity index (χ4v) is 2.87. The Bertz CT molecular complexity index is 1030. The van der Waals surface area contributed by atoms with Gasteiger partial charge in [-0.1, -0.05) is 36.4 Å². The average Bonchev–Trinajstić information content (AvgIpc) is 2.86. The highest BCUT2D eigenvalue weighted by molar-refractivity contribution is 5.86. The van der Waals surface area contributed by atoms with E-state index in [1.54, 1.807) is 21.5 Å². The second-order valence-electron chi connectivity index (χ2n) is 6.02. The Hall–Kier alpha value is -3.34. The second-order valence-corrected chi connectivity index (χ2v) is 6.02. The quantitative estimate of drug-likeness (QED) is 0.565. The number of aromatic hydroxyl groups is 1. The number of para-hydroxylation sites is 2. The molecule has 0 atom stereocenters. The molecule has 0 aliphatic heterocycles. The van der Waals surface area contributed by atoms with Crippen molar-refractivity contribution in [3.05, 3.63) is 88.4 Å². The number of hydrogen-bond acceptors (Lipinski definition) is 3. The molecule has 0 saturated heterocycles. The van der Waals surface area contributed by atoms with E-state index < -0.39 is 0 Å². The smallest absolute Gasteiger partial charge is 0.297 e. The number of benzene rings is 2. The molecule has 2 aromatic carbocycles. The Morgan fingerprint density at radius 1 is 1.15 bits per heavy atom. The number of hydrogen-bond donors (Lipinski definition) is 1. The SMILES string of the molecule is C=CCc1cccc(C=Nc2c(C)n(C)n(-c3ccccc3)c2=O)c1O. The zero-order chi connectivity index (χ0) is 18.7. The van der Waals surface area contributed by atoms with Crippen molar-refractivity contribution in [1.82, 2.24) is 9.36 Å². The van der Waals surface area contributed by atoms with Crippen molar-refractivity contribution in [3.63, 3.8) is 0 Å². The monoisotopic (exact) mass is 347 g/mol. The molecule has 3 aromatic rings. The van der Waals surface area contributed by atoms with Crippen molar-refractivity contribution < 1.29 is 5.11 Å². The molecule has 5 nitrogen and oxygen atoms in total. The minimum atomic E-state index is -0.200. The van der Waals surface area contributed by atoms with Crippen LogP contribution in [0.5, 0.6) is 5.75 Å². The number of aliphatic imine (C=N–C) groups is 1. The van der Waals surface area contributed by atoms with Gasteiger partial charge in [0.05, 0.1) is 11.4 Å². The minimum absolute atomic E-state index is 0.160. The third kappa shape index (κ3) is 3.11. The van der Waals surface area contributed by atoms with Crippen LogP contribution in [-0.4, -0.2) is 20.7 Å². The Balaban J connectivity index is 2.05.